The highest BCUT2D eigenvalue weighted by Crippen LogP contribution is 2.29. The van der Waals surface area contributed by atoms with Gasteiger partial charge in [-0.3, -0.25) is 4.57 Å². The topological polar surface area (TPSA) is 39.3 Å². The third-order valence-electron chi connectivity index (χ3n) is 9.37. The standard InChI is InChI=1S/C42H30N7/c1-2-13-31(14-3-1)42-43-25-26-47(42)33-16-12-15-32(27-33)44-28-45(48-38-21-8-4-17-34(38)35-18-5-9-22-39(35)48)30-46(29-44)49-40-23-10-6-19-36(40)37-20-7-11-24-41(37)49/h1-30H/q+3. The summed E-state index contributed by atoms with van der Waals surface area (Å²) in [5.74, 6) is 0.900. The highest BCUT2D eigenvalue weighted by Gasteiger charge is 2.30. The fraction of sp³-hybridized carbons (Fsp3) is 0. The van der Waals surface area contributed by atoms with Crippen LogP contribution in [0.2, 0.25) is 0 Å². The van der Waals surface area contributed by atoms with E-state index in [2.05, 4.69) is 180 Å². The van der Waals surface area contributed by atoms with Crippen LogP contribution < -0.4 is 13.9 Å². The summed E-state index contributed by atoms with van der Waals surface area (Å²) in [6.45, 7) is 0. The molecule has 0 spiro atoms. The summed E-state index contributed by atoms with van der Waals surface area (Å²) in [4.78, 5) is 4.72. The van der Waals surface area contributed by atoms with E-state index in [1.165, 1.54) is 21.5 Å². The summed E-state index contributed by atoms with van der Waals surface area (Å²) in [5.41, 5.74) is 7.60. The number of nitrogens with zero attached hydrogens (tertiary/aromatic N) is 7. The summed E-state index contributed by atoms with van der Waals surface area (Å²) < 4.78 is 13.3. The number of hydrogen-bond donors (Lipinski definition) is 0. The fourth-order valence-electron chi connectivity index (χ4n) is 7.22. The Balaban J connectivity index is 1.25. The van der Waals surface area contributed by atoms with E-state index in [0.717, 1.165) is 44.8 Å². The molecule has 10 aromatic rings. The van der Waals surface area contributed by atoms with Crippen LogP contribution in [0.4, 0.5) is 0 Å². The van der Waals surface area contributed by atoms with E-state index in [9.17, 15) is 0 Å². The largest absolute Gasteiger partial charge is 0.475 e. The number of rotatable bonds is 5. The van der Waals surface area contributed by atoms with Crippen molar-refractivity contribution in [2.45, 2.75) is 0 Å². The van der Waals surface area contributed by atoms with Crippen LogP contribution in [0, 0.1) is 0 Å². The molecule has 0 aliphatic rings. The molecule has 7 heteroatoms. The van der Waals surface area contributed by atoms with Crippen LogP contribution in [0.15, 0.2) is 183 Å². The minimum atomic E-state index is 0.900. The summed E-state index contributed by atoms with van der Waals surface area (Å²) in [6, 6.07) is 53.3. The van der Waals surface area contributed by atoms with Crippen molar-refractivity contribution in [2.24, 2.45) is 0 Å². The van der Waals surface area contributed by atoms with Gasteiger partial charge in [-0.2, -0.15) is 0 Å². The summed E-state index contributed by atoms with van der Waals surface area (Å²) in [6.07, 6.45) is 10.3. The maximum Gasteiger partial charge on any atom is 0.475 e. The second kappa shape index (κ2) is 10.9. The molecule has 0 atom stereocenters. The zero-order chi connectivity index (χ0) is 32.3. The molecule has 4 aromatic heterocycles. The van der Waals surface area contributed by atoms with Gasteiger partial charge in [0.1, 0.15) is 27.9 Å². The lowest BCUT2D eigenvalue weighted by atomic mass is 10.2. The van der Waals surface area contributed by atoms with Gasteiger partial charge in [-0.25, -0.2) is 4.98 Å². The van der Waals surface area contributed by atoms with E-state index >= 15 is 0 Å². The van der Waals surface area contributed by atoms with Gasteiger partial charge in [0.15, 0.2) is 0 Å². The molecule has 6 aromatic carbocycles. The van der Waals surface area contributed by atoms with Crippen LogP contribution in [0.25, 0.3) is 66.4 Å². The van der Waals surface area contributed by atoms with Crippen molar-refractivity contribution in [1.29, 1.82) is 0 Å². The molecule has 0 aliphatic heterocycles. The normalized spacial score (nSPS) is 11.7. The summed E-state index contributed by atoms with van der Waals surface area (Å²) in [7, 11) is 0. The zero-order valence-corrected chi connectivity index (χ0v) is 26.5. The minimum absolute atomic E-state index is 0.900. The first-order valence-electron chi connectivity index (χ1n) is 16.4. The van der Waals surface area contributed by atoms with Gasteiger partial charge in [0, 0.05) is 61.0 Å². The smallest absolute Gasteiger partial charge is 0.300 e. The van der Waals surface area contributed by atoms with Gasteiger partial charge < -0.3 is 0 Å². The van der Waals surface area contributed by atoms with E-state index < -0.39 is 0 Å². The Morgan fingerprint density at radius 1 is 0.449 bits per heavy atom. The van der Waals surface area contributed by atoms with Crippen molar-refractivity contribution in [3.63, 3.8) is 0 Å². The molecule has 4 heterocycles. The maximum atomic E-state index is 4.72. The van der Waals surface area contributed by atoms with Crippen LogP contribution in [-0.4, -0.2) is 18.9 Å². The average molecular weight is 633 g/mol. The quantitative estimate of drug-likeness (QED) is 0.185. The Labute approximate surface area is 281 Å². The molecule has 0 radical (unpaired) electrons. The molecule has 0 saturated heterocycles. The molecule has 10 rings (SSSR count). The van der Waals surface area contributed by atoms with Crippen LogP contribution in [-0.2, 0) is 0 Å². The number of fused-ring (bicyclic) bond motifs is 6. The fourth-order valence-corrected chi connectivity index (χ4v) is 7.22. The molecular formula is C42H30N7+3. The predicted octanol–water partition coefficient (Wildman–Crippen LogP) is 7.23. The predicted molar refractivity (Wildman–Crippen MR) is 191 cm³/mol. The van der Waals surface area contributed by atoms with Crippen LogP contribution in [0.5, 0.6) is 0 Å². The molecule has 0 aliphatic carbocycles. The molecule has 0 unspecified atom stereocenters. The van der Waals surface area contributed by atoms with Crippen molar-refractivity contribution >= 4 is 43.6 Å². The molecule has 7 nitrogen and oxygen atoms in total. The monoisotopic (exact) mass is 632 g/mol. The van der Waals surface area contributed by atoms with Gasteiger partial charge in [0.05, 0.1) is 5.69 Å². The van der Waals surface area contributed by atoms with E-state index in [4.69, 9.17) is 4.98 Å². The van der Waals surface area contributed by atoms with Crippen molar-refractivity contribution < 1.29 is 13.9 Å². The third-order valence-corrected chi connectivity index (χ3v) is 9.37. The van der Waals surface area contributed by atoms with Crippen LogP contribution >= 0.6 is 0 Å². The number of para-hydroxylation sites is 4. The second-order valence-corrected chi connectivity index (χ2v) is 12.2. The summed E-state index contributed by atoms with van der Waals surface area (Å²) in [5, 5.41) is 4.83. The first-order chi connectivity index (χ1) is 24.3. The second-order valence-electron chi connectivity index (χ2n) is 12.2. The lowest BCUT2D eigenvalue weighted by molar-refractivity contribution is -0.934. The Morgan fingerprint density at radius 3 is 1.47 bits per heavy atom. The Morgan fingerprint density at radius 2 is 0.939 bits per heavy atom. The number of benzene rings is 6. The molecule has 0 bridgehead atoms. The summed E-state index contributed by atoms with van der Waals surface area (Å²) >= 11 is 0. The molecule has 49 heavy (non-hydrogen) atoms. The van der Waals surface area contributed by atoms with Crippen molar-refractivity contribution in [3.05, 3.63) is 183 Å². The SMILES string of the molecule is c1ccc(-c2nccn2-c2cccc(-[n+]3c[n+](-n4c5ccccc5c5ccccc54)c[n+](-n4c5ccccc5c5ccccc54)c3)c2)cc1. The average Bonchev–Trinajstić information content (AvgIpc) is 3.88. The van der Waals surface area contributed by atoms with Gasteiger partial charge in [0.25, 0.3) is 0 Å². The van der Waals surface area contributed by atoms with Gasteiger partial charge in [-0.15, -0.1) is 9.35 Å². The number of hydrogen-bond acceptors (Lipinski definition) is 1. The lowest BCUT2D eigenvalue weighted by Gasteiger charge is -2.08. The van der Waals surface area contributed by atoms with E-state index in [0.29, 0.717) is 0 Å². The molecule has 230 valence electrons. The first-order valence-corrected chi connectivity index (χ1v) is 16.4. The Kier molecular flexibility index (Phi) is 6.04. The maximum absolute atomic E-state index is 4.72. The van der Waals surface area contributed by atoms with Crippen LogP contribution in [0.3, 0.4) is 0 Å². The van der Waals surface area contributed by atoms with Crippen molar-refractivity contribution in [2.75, 3.05) is 0 Å². The zero-order valence-electron chi connectivity index (χ0n) is 26.5. The number of aromatic nitrogens is 7. The van der Waals surface area contributed by atoms with Gasteiger partial charge in [-0.05, 0) is 34.9 Å². The Bertz CT molecular complexity index is 2600. The molecule has 0 N–H and O–H groups in total. The minimum Gasteiger partial charge on any atom is -0.300 e. The van der Waals surface area contributed by atoms with Crippen molar-refractivity contribution in [3.8, 4) is 22.8 Å². The van der Waals surface area contributed by atoms with Crippen LogP contribution in [0.1, 0.15) is 0 Å². The third kappa shape index (κ3) is 4.29. The van der Waals surface area contributed by atoms with E-state index in [1.54, 1.807) is 0 Å². The van der Waals surface area contributed by atoms with Gasteiger partial charge >= 0.3 is 19.0 Å². The van der Waals surface area contributed by atoms with E-state index in [-0.39, 0.29) is 0 Å². The molecular weight excluding hydrogens is 603 g/mol. The van der Waals surface area contributed by atoms with Crippen molar-refractivity contribution in [1.82, 2.24) is 18.9 Å². The van der Waals surface area contributed by atoms with Gasteiger partial charge in [0.2, 0.25) is 5.69 Å². The van der Waals surface area contributed by atoms with Gasteiger partial charge in [-0.1, -0.05) is 109 Å². The highest BCUT2D eigenvalue weighted by molar-refractivity contribution is 6.08. The Hall–Kier alpha value is -6.86. The lowest BCUT2D eigenvalue weighted by Crippen LogP contribution is -2.61. The highest BCUT2D eigenvalue weighted by atomic mass is 15.6. The first kappa shape index (κ1) is 27.3. The number of imidazole rings is 1. The molecule has 0 saturated carbocycles. The molecule has 0 fully saturated rings. The van der Waals surface area contributed by atoms with E-state index in [1.807, 2.05) is 30.6 Å². The molecule has 0 amide bonds.